The van der Waals surface area contributed by atoms with E-state index in [0.717, 1.165) is 10.6 Å². The number of thiazole rings is 1. The van der Waals surface area contributed by atoms with Crippen molar-refractivity contribution in [1.29, 1.82) is 0 Å². The number of rotatable bonds is 3. The summed E-state index contributed by atoms with van der Waals surface area (Å²) in [6, 6.07) is 0. The minimum absolute atomic E-state index is 0.0594. The fourth-order valence-electron chi connectivity index (χ4n) is 1.89. The van der Waals surface area contributed by atoms with Crippen LogP contribution in [-0.2, 0) is 22.4 Å². The number of carboxylic acids is 1. The normalized spacial score (nSPS) is 18.5. The molecule has 0 bridgehead atoms. The molecular formula is C12H16N2O3S. The second-order valence-electron chi connectivity index (χ2n) is 4.81. The monoisotopic (exact) mass is 268 g/mol. The molecule has 1 aliphatic rings. The van der Waals surface area contributed by atoms with Crippen LogP contribution < -0.4 is 5.32 Å². The summed E-state index contributed by atoms with van der Waals surface area (Å²) in [4.78, 5) is 27.9. The maximum absolute atomic E-state index is 11.6. The Hall–Kier alpha value is -1.43. The molecule has 2 N–H and O–H groups in total. The fraction of sp³-hybridized carbons (Fsp3) is 0.583. The summed E-state index contributed by atoms with van der Waals surface area (Å²) < 4.78 is 0. The molecule has 1 unspecified atom stereocenters. The molecule has 98 valence electrons. The number of amides is 1. The molecule has 0 aliphatic heterocycles. The van der Waals surface area contributed by atoms with Gasteiger partial charge in [-0.3, -0.25) is 9.59 Å². The highest BCUT2D eigenvalue weighted by Crippen LogP contribution is 2.32. The number of carboxylic acid groups (broad SMARTS) is 1. The van der Waals surface area contributed by atoms with Gasteiger partial charge < -0.3 is 10.4 Å². The lowest BCUT2D eigenvalue weighted by Crippen LogP contribution is -2.21. The van der Waals surface area contributed by atoms with E-state index in [-0.39, 0.29) is 17.7 Å². The summed E-state index contributed by atoms with van der Waals surface area (Å²) in [6.07, 6.45) is 1.84. The molecule has 0 fully saturated rings. The van der Waals surface area contributed by atoms with Gasteiger partial charge in [0.15, 0.2) is 5.13 Å². The maximum Gasteiger partial charge on any atom is 0.306 e. The number of fused-ring (bicyclic) bond motifs is 1. The first-order valence-electron chi connectivity index (χ1n) is 5.99. The maximum atomic E-state index is 11.6. The molecule has 1 aliphatic carbocycles. The van der Waals surface area contributed by atoms with E-state index in [0.29, 0.717) is 24.4 Å². The zero-order valence-corrected chi connectivity index (χ0v) is 11.2. The number of aromatic nitrogens is 1. The fourth-order valence-corrected chi connectivity index (χ4v) is 2.98. The third kappa shape index (κ3) is 2.69. The summed E-state index contributed by atoms with van der Waals surface area (Å²) in [7, 11) is 0. The van der Waals surface area contributed by atoms with Crippen molar-refractivity contribution in [2.75, 3.05) is 5.32 Å². The molecule has 1 aromatic heterocycles. The smallest absolute Gasteiger partial charge is 0.306 e. The molecule has 0 radical (unpaired) electrons. The Morgan fingerprint density at radius 3 is 2.83 bits per heavy atom. The van der Waals surface area contributed by atoms with E-state index in [9.17, 15) is 9.59 Å². The Morgan fingerprint density at radius 2 is 2.22 bits per heavy atom. The van der Waals surface area contributed by atoms with Crippen LogP contribution in [0.3, 0.4) is 0 Å². The van der Waals surface area contributed by atoms with Crippen LogP contribution in [0.2, 0.25) is 0 Å². The van der Waals surface area contributed by atoms with Gasteiger partial charge in [-0.25, -0.2) is 4.98 Å². The van der Waals surface area contributed by atoms with E-state index < -0.39 is 5.97 Å². The predicted octanol–water partition coefficient (Wildman–Crippen LogP) is 1.93. The summed E-state index contributed by atoms with van der Waals surface area (Å²) in [5.41, 5.74) is 0.941. The predicted molar refractivity (Wildman–Crippen MR) is 68.7 cm³/mol. The van der Waals surface area contributed by atoms with Gasteiger partial charge in [0.05, 0.1) is 11.6 Å². The second-order valence-corrected chi connectivity index (χ2v) is 5.89. The molecule has 6 heteroatoms. The molecule has 0 saturated heterocycles. The molecule has 0 spiro atoms. The van der Waals surface area contributed by atoms with Gasteiger partial charge in [-0.05, 0) is 19.3 Å². The topological polar surface area (TPSA) is 79.3 Å². The highest BCUT2D eigenvalue weighted by Gasteiger charge is 2.27. The number of aryl methyl sites for hydroxylation is 1. The van der Waals surface area contributed by atoms with Gasteiger partial charge in [0.1, 0.15) is 0 Å². The lowest BCUT2D eigenvalue weighted by molar-refractivity contribution is -0.142. The molecule has 1 aromatic rings. The lowest BCUT2D eigenvalue weighted by atomic mass is 9.91. The largest absolute Gasteiger partial charge is 0.481 e. The van der Waals surface area contributed by atoms with Gasteiger partial charge in [0.25, 0.3) is 0 Å². The first-order chi connectivity index (χ1) is 8.47. The molecule has 1 heterocycles. The van der Waals surface area contributed by atoms with Crippen LogP contribution in [0.1, 0.15) is 30.8 Å². The number of anilines is 1. The van der Waals surface area contributed by atoms with Crippen LogP contribution in [0.15, 0.2) is 0 Å². The Bertz CT molecular complexity index is 482. The van der Waals surface area contributed by atoms with Crippen molar-refractivity contribution >= 4 is 28.3 Å². The lowest BCUT2D eigenvalue weighted by Gasteiger charge is -2.16. The van der Waals surface area contributed by atoms with Gasteiger partial charge in [-0.2, -0.15) is 0 Å². The van der Waals surface area contributed by atoms with Crippen molar-refractivity contribution in [3.8, 4) is 0 Å². The Balaban J connectivity index is 2.10. The Labute approximate surface area is 109 Å². The molecule has 2 rings (SSSR count). The van der Waals surface area contributed by atoms with Crippen LogP contribution in [0.5, 0.6) is 0 Å². The number of carbonyl (C=O) groups is 2. The van der Waals surface area contributed by atoms with Crippen molar-refractivity contribution in [1.82, 2.24) is 4.98 Å². The zero-order valence-electron chi connectivity index (χ0n) is 10.4. The highest BCUT2D eigenvalue weighted by atomic mass is 32.1. The first-order valence-corrected chi connectivity index (χ1v) is 6.81. The summed E-state index contributed by atoms with van der Waals surface area (Å²) in [5, 5.41) is 12.4. The standard InChI is InChI=1S/C12H16N2O3S/c1-6(2)10(15)14-12-13-8-4-3-7(11(16)17)5-9(8)18-12/h6-7H,3-5H2,1-2H3,(H,16,17)(H,13,14,15). The van der Waals surface area contributed by atoms with Crippen LogP contribution >= 0.6 is 11.3 Å². The van der Waals surface area contributed by atoms with E-state index in [4.69, 9.17) is 5.11 Å². The average molecular weight is 268 g/mol. The number of carbonyl (C=O) groups excluding carboxylic acids is 1. The highest BCUT2D eigenvalue weighted by molar-refractivity contribution is 7.15. The quantitative estimate of drug-likeness (QED) is 0.878. The van der Waals surface area contributed by atoms with Crippen LogP contribution in [-0.4, -0.2) is 22.0 Å². The molecular weight excluding hydrogens is 252 g/mol. The minimum Gasteiger partial charge on any atom is -0.481 e. The third-order valence-corrected chi connectivity index (χ3v) is 4.08. The molecule has 5 nitrogen and oxygen atoms in total. The molecule has 1 atom stereocenters. The Kier molecular flexibility index (Phi) is 3.65. The van der Waals surface area contributed by atoms with Gasteiger partial charge >= 0.3 is 5.97 Å². The Morgan fingerprint density at radius 1 is 1.50 bits per heavy atom. The van der Waals surface area contributed by atoms with Gasteiger partial charge in [-0.15, -0.1) is 11.3 Å². The minimum atomic E-state index is -0.748. The van der Waals surface area contributed by atoms with E-state index in [2.05, 4.69) is 10.3 Å². The summed E-state index contributed by atoms with van der Waals surface area (Å²) in [5.74, 6) is -1.21. The molecule has 18 heavy (non-hydrogen) atoms. The summed E-state index contributed by atoms with van der Waals surface area (Å²) >= 11 is 1.40. The van der Waals surface area contributed by atoms with Crippen LogP contribution in [0.4, 0.5) is 5.13 Å². The number of nitrogens with zero attached hydrogens (tertiary/aromatic N) is 1. The van der Waals surface area contributed by atoms with Crippen molar-refractivity contribution in [3.63, 3.8) is 0 Å². The van der Waals surface area contributed by atoms with E-state index >= 15 is 0 Å². The van der Waals surface area contributed by atoms with Gasteiger partial charge in [0, 0.05) is 10.8 Å². The van der Waals surface area contributed by atoms with E-state index in [1.165, 1.54) is 11.3 Å². The average Bonchev–Trinajstić information content (AvgIpc) is 2.69. The van der Waals surface area contributed by atoms with Gasteiger partial charge in [0.2, 0.25) is 5.91 Å². The van der Waals surface area contributed by atoms with E-state index in [1.807, 2.05) is 13.8 Å². The molecule has 0 saturated carbocycles. The number of aliphatic carboxylic acids is 1. The van der Waals surface area contributed by atoms with Crippen molar-refractivity contribution in [2.24, 2.45) is 11.8 Å². The van der Waals surface area contributed by atoms with Crippen LogP contribution in [0, 0.1) is 11.8 Å². The SMILES string of the molecule is CC(C)C(=O)Nc1nc2c(s1)CC(C(=O)O)CC2. The third-order valence-electron chi connectivity index (χ3n) is 3.04. The van der Waals surface area contributed by atoms with Crippen LogP contribution in [0.25, 0.3) is 0 Å². The van der Waals surface area contributed by atoms with Crippen molar-refractivity contribution < 1.29 is 14.7 Å². The summed E-state index contributed by atoms with van der Waals surface area (Å²) in [6.45, 7) is 3.65. The molecule has 1 amide bonds. The zero-order chi connectivity index (χ0) is 13.3. The van der Waals surface area contributed by atoms with E-state index in [1.54, 1.807) is 0 Å². The number of hydrogen-bond donors (Lipinski definition) is 2. The van der Waals surface area contributed by atoms with Gasteiger partial charge in [-0.1, -0.05) is 13.8 Å². The first kappa shape index (κ1) is 13.0. The van der Waals surface area contributed by atoms with Crippen molar-refractivity contribution in [2.45, 2.75) is 33.1 Å². The number of hydrogen-bond acceptors (Lipinski definition) is 4. The second kappa shape index (κ2) is 5.06. The van der Waals surface area contributed by atoms with Crippen molar-refractivity contribution in [3.05, 3.63) is 10.6 Å². The number of nitrogens with one attached hydrogen (secondary N) is 1. The molecule has 0 aromatic carbocycles.